The maximum absolute atomic E-state index is 13.5. The van der Waals surface area contributed by atoms with Crippen LogP contribution >= 0.6 is 0 Å². The molecule has 1 aliphatic rings. The van der Waals surface area contributed by atoms with Crippen molar-refractivity contribution in [3.8, 4) is 0 Å². The molecule has 1 fully saturated rings. The predicted molar refractivity (Wildman–Crippen MR) is 156 cm³/mol. The molecule has 0 saturated carbocycles. The Labute approximate surface area is 237 Å². The summed E-state index contributed by atoms with van der Waals surface area (Å²) in [4.78, 5) is 13.7. The van der Waals surface area contributed by atoms with Crippen LogP contribution in [0.4, 0.5) is 0 Å². The van der Waals surface area contributed by atoms with Gasteiger partial charge in [0.25, 0.3) is 0 Å². The summed E-state index contributed by atoms with van der Waals surface area (Å²) in [5.41, 5.74) is 3.71. The molecule has 1 saturated heterocycles. The van der Waals surface area contributed by atoms with Crippen molar-refractivity contribution >= 4 is 26.0 Å². The molecule has 1 amide bonds. The number of benzene rings is 3. The number of sulfonamides is 2. The Bertz CT molecular complexity index is 1530. The quantitative estimate of drug-likeness (QED) is 0.375. The van der Waals surface area contributed by atoms with E-state index in [9.17, 15) is 21.6 Å². The molecular formula is C30H37N3O5S2. The van der Waals surface area contributed by atoms with Crippen LogP contribution in [0.3, 0.4) is 0 Å². The van der Waals surface area contributed by atoms with Crippen LogP contribution in [0.2, 0.25) is 0 Å². The Morgan fingerprint density at radius 2 is 1.43 bits per heavy atom. The van der Waals surface area contributed by atoms with E-state index < -0.39 is 32.0 Å². The molecule has 40 heavy (non-hydrogen) atoms. The molecule has 10 heteroatoms. The van der Waals surface area contributed by atoms with E-state index in [0.29, 0.717) is 29.8 Å². The molecule has 1 heterocycles. The number of amides is 1. The van der Waals surface area contributed by atoms with Crippen LogP contribution in [0.5, 0.6) is 0 Å². The largest absolute Gasteiger partial charge is 0.351 e. The van der Waals surface area contributed by atoms with Crippen molar-refractivity contribution in [1.82, 2.24) is 14.3 Å². The molecular weight excluding hydrogens is 546 g/mol. The third-order valence-electron chi connectivity index (χ3n) is 7.11. The number of nitrogens with one attached hydrogen (secondary N) is 2. The third-order valence-corrected chi connectivity index (χ3v) is 10.8. The highest BCUT2D eigenvalue weighted by Gasteiger charge is 2.29. The maximum atomic E-state index is 13.5. The standard InChI is InChI=1S/C30H37N3O5S2/c1-22-18-23(2)29(24(3)19-22)39(35,36)32-28(20-25-10-6-4-7-11-25)30(34)31-21-26-12-14-27(15-13-26)40(37,38)33-16-8-5-9-17-33/h4,6-7,10-15,18-19,28,32H,5,8-9,16-17,20-21H2,1-3H3,(H,31,34)/t28-/m1/s1. The van der Waals surface area contributed by atoms with Crippen LogP contribution in [0.15, 0.2) is 76.5 Å². The minimum absolute atomic E-state index is 0.123. The monoisotopic (exact) mass is 583 g/mol. The second-order valence-corrected chi connectivity index (χ2v) is 14.0. The van der Waals surface area contributed by atoms with Crippen molar-refractivity contribution in [1.29, 1.82) is 0 Å². The van der Waals surface area contributed by atoms with Gasteiger partial charge in [0.1, 0.15) is 6.04 Å². The average Bonchev–Trinajstić information content (AvgIpc) is 2.92. The van der Waals surface area contributed by atoms with E-state index in [4.69, 9.17) is 0 Å². The van der Waals surface area contributed by atoms with Crippen molar-refractivity contribution in [2.24, 2.45) is 0 Å². The van der Waals surface area contributed by atoms with E-state index in [0.717, 1.165) is 30.4 Å². The maximum Gasteiger partial charge on any atom is 0.243 e. The number of piperidine rings is 1. The first kappa shape index (κ1) is 29.9. The summed E-state index contributed by atoms with van der Waals surface area (Å²) in [6, 6.07) is 18.3. The fourth-order valence-electron chi connectivity index (χ4n) is 5.22. The zero-order chi connectivity index (χ0) is 28.9. The van der Waals surface area contributed by atoms with Gasteiger partial charge in [0, 0.05) is 19.6 Å². The highest BCUT2D eigenvalue weighted by molar-refractivity contribution is 7.89. The van der Waals surface area contributed by atoms with E-state index in [1.807, 2.05) is 49.4 Å². The molecule has 214 valence electrons. The van der Waals surface area contributed by atoms with Crippen molar-refractivity contribution in [3.05, 3.63) is 94.5 Å². The fraction of sp³-hybridized carbons (Fsp3) is 0.367. The van der Waals surface area contributed by atoms with Gasteiger partial charge in [0.05, 0.1) is 9.79 Å². The van der Waals surface area contributed by atoms with Crippen LogP contribution < -0.4 is 10.0 Å². The topological polar surface area (TPSA) is 113 Å². The molecule has 1 atom stereocenters. The Kier molecular flexibility index (Phi) is 9.45. The van der Waals surface area contributed by atoms with E-state index in [1.54, 1.807) is 38.1 Å². The molecule has 4 rings (SSSR count). The lowest BCUT2D eigenvalue weighted by Gasteiger charge is -2.25. The molecule has 0 bridgehead atoms. The van der Waals surface area contributed by atoms with Crippen molar-refractivity contribution < 1.29 is 21.6 Å². The van der Waals surface area contributed by atoms with Gasteiger partial charge in [-0.3, -0.25) is 4.79 Å². The molecule has 8 nitrogen and oxygen atoms in total. The summed E-state index contributed by atoms with van der Waals surface area (Å²) in [6.07, 6.45) is 2.93. The molecule has 0 radical (unpaired) electrons. The van der Waals surface area contributed by atoms with Gasteiger partial charge < -0.3 is 5.32 Å². The number of carbonyl (C=O) groups is 1. The molecule has 0 unspecified atom stereocenters. The van der Waals surface area contributed by atoms with E-state index in [-0.39, 0.29) is 22.8 Å². The molecule has 3 aromatic carbocycles. The molecule has 0 spiro atoms. The van der Waals surface area contributed by atoms with Gasteiger partial charge in [-0.05, 0) is 74.4 Å². The van der Waals surface area contributed by atoms with Gasteiger partial charge in [0.2, 0.25) is 26.0 Å². The Morgan fingerprint density at radius 1 is 0.825 bits per heavy atom. The van der Waals surface area contributed by atoms with Gasteiger partial charge in [-0.15, -0.1) is 0 Å². The van der Waals surface area contributed by atoms with Crippen LogP contribution in [0, 0.1) is 20.8 Å². The first-order valence-corrected chi connectivity index (χ1v) is 16.4. The van der Waals surface area contributed by atoms with E-state index in [2.05, 4.69) is 10.0 Å². The summed E-state index contributed by atoms with van der Waals surface area (Å²) in [7, 11) is -7.55. The SMILES string of the molecule is Cc1cc(C)c(S(=O)(=O)N[C@H](Cc2ccccc2)C(=O)NCc2ccc(S(=O)(=O)N3CCCCC3)cc2)c(C)c1. The van der Waals surface area contributed by atoms with Gasteiger partial charge in [-0.2, -0.15) is 9.03 Å². The molecule has 1 aliphatic heterocycles. The number of aryl methyl sites for hydroxylation is 3. The predicted octanol–water partition coefficient (Wildman–Crippen LogP) is 3.99. The van der Waals surface area contributed by atoms with Crippen molar-refractivity contribution in [3.63, 3.8) is 0 Å². The molecule has 2 N–H and O–H groups in total. The van der Waals surface area contributed by atoms with E-state index >= 15 is 0 Å². The lowest BCUT2D eigenvalue weighted by Crippen LogP contribution is -2.48. The number of nitrogens with zero attached hydrogens (tertiary/aromatic N) is 1. The van der Waals surface area contributed by atoms with Crippen molar-refractivity contribution in [2.75, 3.05) is 13.1 Å². The normalized spacial score (nSPS) is 15.5. The molecule has 0 aromatic heterocycles. The number of hydrogen-bond donors (Lipinski definition) is 2. The average molecular weight is 584 g/mol. The summed E-state index contributed by atoms with van der Waals surface area (Å²) in [5.74, 6) is -0.472. The van der Waals surface area contributed by atoms with Gasteiger partial charge in [-0.25, -0.2) is 16.8 Å². The highest BCUT2D eigenvalue weighted by Crippen LogP contribution is 2.23. The number of hydrogen-bond acceptors (Lipinski definition) is 5. The first-order chi connectivity index (χ1) is 19.0. The minimum atomic E-state index is -4.00. The first-order valence-electron chi connectivity index (χ1n) is 13.5. The lowest BCUT2D eigenvalue weighted by molar-refractivity contribution is -0.122. The lowest BCUT2D eigenvalue weighted by atomic mass is 10.1. The van der Waals surface area contributed by atoms with E-state index in [1.165, 1.54) is 4.31 Å². The van der Waals surface area contributed by atoms with Gasteiger partial charge in [0.15, 0.2) is 0 Å². The van der Waals surface area contributed by atoms with Crippen LogP contribution in [0.1, 0.15) is 47.1 Å². The zero-order valence-electron chi connectivity index (χ0n) is 23.2. The summed E-state index contributed by atoms with van der Waals surface area (Å²) in [5, 5.41) is 2.83. The Balaban J connectivity index is 1.50. The second-order valence-electron chi connectivity index (χ2n) is 10.4. The van der Waals surface area contributed by atoms with Crippen molar-refractivity contribution in [2.45, 2.75) is 68.8 Å². The Hall–Kier alpha value is -3.05. The summed E-state index contributed by atoms with van der Waals surface area (Å²) in [6.45, 7) is 6.58. The van der Waals surface area contributed by atoms with Crippen LogP contribution in [-0.2, 0) is 37.8 Å². The van der Waals surface area contributed by atoms with Gasteiger partial charge in [-0.1, -0.05) is 66.6 Å². The van der Waals surface area contributed by atoms with Crippen LogP contribution in [0.25, 0.3) is 0 Å². The minimum Gasteiger partial charge on any atom is -0.351 e. The fourth-order valence-corrected chi connectivity index (χ4v) is 8.39. The third kappa shape index (κ3) is 7.17. The highest BCUT2D eigenvalue weighted by atomic mass is 32.2. The van der Waals surface area contributed by atoms with Gasteiger partial charge >= 0.3 is 0 Å². The molecule has 3 aromatic rings. The zero-order valence-corrected chi connectivity index (χ0v) is 24.8. The molecule has 0 aliphatic carbocycles. The number of carbonyl (C=O) groups excluding carboxylic acids is 1. The Morgan fingerprint density at radius 3 is 2.02 bits per heavy atom. The summed E-state index contributed by atoms with van der Waals surface area (Å²) < 4.78 is 57.0. The second kappa shape index (κ2) is 12.6. The van der Waals surface area contributed by atoms with Crippen LogP contribution in [-0.4, -0.2) is 46.2 Å². The number of rotatable bonds is 10. The smallest absolute Gasteiger partial charge is 0.243 e. The summed E-state index contributed by atoms with van der Waals surface area (Å²) >= 11 is 0.